The molecule has 0 fully saturated rings. The lowest BCUT2D eigenvalue weighted by Gasteiger charge is -2.17. The smallest absolute Gasteiger partial charge is 0.317 e. The minimum atomic E-state index is -4.06. The summed E-state index contributed by atoms with van der Waals surface area (Å²) in [6.07, 6.45) is -3.09. The van der Waals surface area contributed by atoms with E-state index in [4.69, 9.17) is 0 Å². The quantitative estimate of drug-likeness (QED) is 0.818. The van der Waals surface area contributed by atoms with E-state index >= 15 is 0 Å². The van der Waals surface area contributed by atoms with Gasteiger partial charge in [-0.05, 0) is 38.8 Å². The van der Waals surface area contributed by atoms with Gasteiger partial charge in [0.25, 0.3) is 0 Å². The summed E-state index contributed by atoms with van der Waals surface area (Å²) in [5.41, 5.74) is 2.37. The zero-order valence-corrected chi connectivity index (χ0v) is 10.8. The van der Waals surface area contributed by atoms with E-state index in [1.54, 1.807) is 7.05 Å². The Hall–Kier alpha value is -1.03. The third-order valence-corrected chi connectivity index (χ3v) is 3.05. The molecule has 4 heteroatoms. The minimum absolute atomic E-state index is 0.0767. The number of aryl methyl sites for hydroxylation is 2. The molecule has 102 valence electrons. The number of benzene rings is 1. The molecule has 0 aromatic heterocycles. The van der Waals surface area contributed by atoms with Gasteiger partial charge in [-0.25, -0.2) is 0 Å². The third kappa shape index (κ3) is 6.05. The maximum absolute atomic E-state index is 12.1. The fourth-order valence-corrected chi connectivity index (χ4v) is 1.98. The summed E-state index contributed by atoms with van der Waals surface area (Å²) in [6.45, 7) is 2.02. The monoisotopic (exact) mass is 259 g/mol. The summed E-state index contributed by atoms with van der Waals surface area (Å²) in [5, 5.41) is 2.96. The molecule has 0 saturated heterocycles. The maximum atomic E-state index is 12.1. The van der Waals surface area contributed by atoms with Crippen LogP contribution in [0.25, 0.3) is 0 Å². The molecule has 0 saturated carbocycles. The summed E-state index contributed by atoms with van der Waals surface area (Å²) >= 11 is 0. The van der Waals surface area contributed by atoms with Crippen LogP contribution in [0.4, 0.5) is 13.2 Å². The van der Waals surface area contributed by atoms with Crippen LogP contribution >= 0.6 is 0 Å². The molecular formula is C14H20F3N. The fourth-order valence-electron chi connectivity index (χ4n) is 1.98. The fraction of sp³-hybridized carbons (Fsp3) is 0.571. The molecule has 0 amide bonds. The summed E-state index contributed by atoms with van der Waals surface area (Å²) in [7, 11) is 1.72. The van der Waals surface area contributed by atoms with Gasteiger partial charge in [0.15, 0.2) is 0 Å². The molecule has 1 aromatic carbocycles. The van der Waals surface area contributed by atoms with Crippen LogP contribution in [0.15, 0.2) is 24.3 Å². The number of hydrogen-bond acceptors (Lipinski definition) is 1. The highest BCUT2D eigenvalue weighted by molar-refractivity contribution is 5.22. The first-order valence-corrected chi connectivity index (χ1v) is 6.20. The zero-order valence-electron chi connectivity index (χ0n) is 10.8. The molecule has 1 unspecified atom stereocenters. The largest absolute Gasteiger partial charge is 0.389 e. The van der Waals surface area contributed by atoms with Gasteiger partial charge >= 0.3 is 6.18 Å². The van der Waals surface area contributed by atoms with Gasteiger partial charge in [0.05, 0.1) is 0 Å². The molecule has 1 nitrogen and oxygen atoms in total. The second kappa shape index (κ2) is 6.78. The van der Waals surface area contributed by atoms with E-state index < -0.39 is 12.6 Å². The Morgan fingerprint density at radius 2 is 1.94 bits per heavy atom. The van der Waals surface area contributed by atoms with Crippen molar-refractivity contribution in [3.8, 4) is 0 Å². The van der Waals surface area contributed by atoms with Gasteiger partial charge in [0, 0.05) is 12.5 Å². The van der Waals surface area contributed by atoms with E-state index in [9.17, 15) is 13.2 Å². The first-order chi connectivity index (χ1) is 8.40. The molecule has 0 aliphatic rings. The normalized spacial score (nSPS) is 13.6. The lowest BCUT2D eigenvalue weighted by molar-refractivity contribution is -0.136. The molecule has 0 heterocycles. The van der Waals surface area contributed by atoms with Crippen LogP contribution in [0, 0.1) is 6.92 Å². The van der Waals surface area contributed by atoms with Gasteiger partial charge in [-0.3, -0.25) is 0 Å². The molecule has 0 bridgehead atoms. The number of halogens is 3. The Labute approximate surface area is 106 Å². The van der Waals surface area contributed by atoms with Crippen molar-refractivity contribution in [3.63, 3.8) is 0 Å². The van der Waals surface area contributed by atoms with Gasteiger partial charge in [0.2, 0.25) is 0 Å². The van der Waals surface area contributed by atoms with Crippen molar-refractivity contribution in [1.82, 2.24) is 5.32 Å². The molecule has 0 radical (unpaired) electrons. The predicted octanol–water partition coefficient (Wildman–Crippen LogP) is 3.86. The standard InChI is InChI=1S/C14H20F3N/c1-11-4-3-5-12(10-11)6-7-13(18-2)8-9-14(15,16)17/h3-5,10,13,18H,6-9H2,1-2H3. The van der Waals surface area contributed by atoms with Crippen LogP contribution in [-0.4, -0.2) is 19.3 Å². The second-order valence-corrected chi connectivity index (χ2v) is 4.67. The highest BCUT2D eigenvalue weighted by Gasteiger charge is 2.27. The van der Waals surface area contributed by atoms with Crippen molar-refractivity contribution < 1.29 is 13.2 Å². The van der Waals surface area contributed by atoms with E-state index in [1.807, 2.05) is 25.1 Å². The molecule has 18 heavy (non-hydrogen) atoms. The lowest BCUT2D eigenvalue weighted by atomic mass is 10.0. The third-order valence-electron chi connectivity index (χ3n) is 3.05. The first-order valence-electron chi connectivity index (χ1n) is 6.20. The van der Waals surface area contributed by atoms with E-state index in [1.165, 1.54) is 11.1 Å². The minimum Gasteiger partial charge on any atom is -0.317 e. The zero-order chi connectivity index (χ0) is 13.6. The lowest BCUT2D eigenvalue weighted by Crippen LogP contribution is -2.27. The number of hydrogen-bond donors (Lipinski definition) is 1. The van der Waals surface area contributed by atoms with Crippen LogP contribution in [0.5, 0.6) is 0 Å². The average molecular weight is 259 g/mol. The topological polar surface area (TPSA) is 12.0 Å². The maximum Gasteiger partial charge on any atom is 0.389 e. The van der Waals surface area contributed by atoms with Gasteiger partial charge in [0.1, 0.15) is 0 Å². The Morgan fingerprint density at radius 1 is 1.22 bits per heavy atom. The molecule has 0 aliphatic heterocycles. The Balaban J connectivity index is 2.40. The highest BCUT2D eigenvalue weighted by atomic mass is 19.4. The predicted molar refractivity (Wildman–Crippen MR) is 67.6 cm³/mol. The van der Waals surface area contributed by atoms with Crippen molar-refractivity contribution in [2.45, 2.75) is 44.8 Å². The van der Waals surface area contributed by atoms with Crippen LogP contribution in [0.3, 0.4) is 0 Å². The molecular weight excluding hydrogens is 239 g/mol. The van der Waals surface area contributed by atoms with Gasteiger partial charge in [-0.1, -0.05) is 29.8 Å². The van der Waals surface area contributed by atoms with E-state index in [0.29, 0.717) is 0 Å². The van der Waals surface area contributed by atoms with E-state index in [2.05, 4.69) is 11.4 Å². The number of alkyl halides is 3. The summed E-state index contributed by atoms with van der Waals surface area (Å²) in [5.74, 6) is 0. The van der Waals surface area contributed by atoms with Crippen molar-refractivity contribution in [2.75, 3.05) is 7.05 Å². The number of nitrogens with one attached hydrogen (secondary N) is 1. The first kappa shape index (κ1) is 15.0. The van der Waals surface area contributed by atoms with Gasteiger partial charge in [-0.15, -0.1) is 0 Å². The highest BCUT2D eigenvalue weighted by Crippen LogP contribution is 2.23. The average Bonchev–Trinajstić information content (AvgIpc) is 2.28. The summed E-state index contributed by atoms with van der Waals surface area (Å²) < 4.78 is 36.4. The molecule has 0 spiro atoms. The van der Waals surface area contributed by atoms with Crippen LogP contribution in [-0.2, 0) is 6.42 Å². The molecule has 1 aromatic rings. The molecule has 1 atom stereocenters. The molecule has 1 rings (SSSR count). The van der Waals surface area contributed by atoms with Gasteiger partial charge < -0.3 is 5.32 Å². The van der Waals surface area contributed by atoms with Crippen molar-refractivity contribution in [3.05, 3.63) is 35.4 Å². The SMILES string of the molecule is CNC(CCc1cccc(C)c1)CCC(F)(F)F. The Morgan fingerprint density at radius 3 is 2.50 bits per heavy atom. The van der Waals surface area contributed by atoms with Crippen molar-refractivity contribution in [1.29, 1.82) is 0 Å². The van der Waals surface area contributed by atoms with Crippen LogP contribution in [0.1, 0.15) is 30.4 Å². The van der Waals surface area contributed by atoms with Crippen LogP contribution < -0.4 is 5.32 Å². The van der Waals surface area contributed by atoms with Crippen LogP contribution in [0.2, 0.25) is 0 Å². The molecule has 1 N–H and O–H groups in total. The Bertz CT molecular complexity index is 360. The van der Waals surface area contributed by atoms with Crippen molar-refractivity contribution >= 4 is 0 Å². The summed E-state index contributed by atoms with van der Waals surface area (Å²) in [6, 6.07) is 8.02. The van der Waals surface area contributed by atoms with E-state index in [-0.39, 0.29) is 12.5 Å². The summed E-state index contributed by atoms with van der Waals surface area (Å²) in [4.78, 5) is 0. The number of rotatable bonds is 6. The Kier molecular flexibility index (Phi) is 5.66. The van der Waals surface area contributed by atoms with E-state index in [0.717, 1.165) is 12.8 Å². The molecule has 0 aliphatic carbocycles. The van der Waals surface area contributed by atoms with Crippen molar-refractivity contribution in [2.24, 2.45) is 0 Å². The second-order valence-electron chi connectivity index (χ2n) is 4.67. The van der Waals surface area contributed by atoms with Gasteiger partial charge in [-0.2, -0.15) is 13.2 Å².